The average Bonchev–Trinajstić information content (AvgIpc) is 2.16. The summed E-state index contributed by atoms with van der Waals surface area (Å²) in [4.78, 5) is 23.2. The molecule has 1 amide bonds. The van der Waals surface area contributed by atoms with Gasteiger partial charge in [0.15, 0.2) is 6.29 Å². The molecular weight excluding hydrogens is 260 g/mol. The van der Waals surface area contributed by atoms with E-state index in [1.807, 2.05) is 0 Å². The van der Waals surface area contributed by atoms with Gasteiger partial charge in [0.25, 0.3) is 0 Å². The minimum atomic E-state index is -0.433. The minimum absolute atomic E-state index is 0.0858. The highest BCUT2D eigenvalue weighted by Crippen LogP contribution is 2.22. The summed E-state index contributed by atoms with van der Waals surface area (Å²) >= 11 is 3.27. The molecule has 0 saturated carbocycles. The zero-order chi connectivity index (χ0) is 11.4. The van der Waals surface area contributed by atoms with Crippen LogP contribution in [0.2, 0.25) is 0 Å². The first-order valence-corrected chi connectivity index (χ1v) is 5.08. The van der Waals surface area contributed by atoms with Crippen LogP contribution in [-0.2, 0) is 4.79 Å². The first-order valence-electron chi connectivity index (χ1n) is 4.28. The number of likely N-dealkylation sites (N-methyl/N-ethyl adjacent to an activating group) is 1. The molecule has 2 N–H and O–H groups in total. The van der Waals surface area contributed by atoms with Crippen molar-refractivity contribution in [3.63, 3.8) is 0 Å². The van der Waals surface area contributed by atoms with Crippen LogP contribution in [0.15, 0.2) is 22.7 Å². The van der Waals surface area contributed by atoms with E-state index >= 15 is 0 Å². The smallest absolute Gasteiger partial charge is 0.236 e. The predicted molar refractivity (Wildman–Crippen MR) is 62.0 cm³/mol. The molecule has 0 atom stereocenters. The number of hydrogen-bond acceptors (Lipinski definition) is 3. The zero-order valence-corrected chi connectivity index (χ0v) is 9.82. The largest absolute Gasteiger partial charge is 0.368 e. The van der Waals surface area contributed by atoms with Gasteiger partial charge in [-0.2, -0.15) is 0 Å². The molecular formula is C10H11BrN2O2. The van der Waals surface area contributed by atoms with Crippen LogP contribution in [0.1, 0.15) is 10.4 Å². The first kappa shape index (κ1) is 11.7. The molecule has 0 unspecified atom stereocenters. The van der Waals surface area contributed by atoms with Crippen molar-refractivity contribution in [3.05, 3.63) is 28.2 Å². The molecule has 0 aliphatic carbocycles. The van der Waals surface area contributed by atoms with Crippen LogP contribution in [0.25, 0.3) is 0 Å². The molecule has 0 aliphatic heterocycles. The van der Waals surface area contributed by atoms with E-state index in [0.29, 0.717) is 11.3 Å². The van der Waals surface area contributed by atoms with Gasteiger partial charge in [0.05, 0.1) is 6.54 Å². The summed E-state index contributed by atoms with van der Waals surface area (Å²) in [7, 11) is 1.71. The molecule has 0 aliphatic rings. The van der Waals surface area contributed by atoms with E-state index in [1.165, 1.54) is 0 Å². The van der Waals surface area contributed by atoms with Crippen LogP contribution in [-0.4, -0.2) is 25.8 Å². The number of nitrogens with zero attached hydrogens (tertiary/aromatic N) is 1. The van der Waals surface area contributed by atoms with E-state index in [1.54, 1.807) is 30.1 Å². The molecule has 15 heavy (non-hydrogen) atoms. The fraction of sp³-hybridized carbons (Fsp3) is 0.200. The van der Waals surface area contributed by atoms with Crippen molar-refractivity contribution in [1.29, 1.82) is 0 Å². The second kappa shape index (κ2) is 4.93. The quantitative estimate of drug-likeness (QED) is 0.836. The third-order valence-corrected chi connectivity index (χ3v) is 2.41. The second-order valence-corrected chi connectivity index (χ2v) is 4.06. The van der Waals surface area contributed by atoms with Crippen LogP contribution < -0.4 is 10.6 Å². The van der Waals surface area contributed by atoms with Gasteiger partial charge in [-0.25, -0.2) is 0 Å². The van der Waals surface area contributed by atoms with Gasteiger partial charge in [0.1, 0.15) is 0 Å². The van der Waals surface area contributed by atoms with E-state index < -0.39 is 5.91 Å². The van der Waals surface area contributed by atoms with E-state index in [4.69, 9.17) is 5.73 Å². The van der Waals surface area contributed by atoms with Crippen LogP contribution in [0, 0.1) is 0 Å². The minimum Gasteiger partial charge on any atom is -0.368 e. The maximum atomic E-state index is 10.8. The summed E-state index contributed by atoms with van der Waals surface area (Å²) in [5, 5.41) is 0. The van der Waals surface area contributed by atoms with E-state index in [2.05, 4.69) is 15.9 Å². The van der Waals surface area contributed by atoms with Crippen LogP contribution >= 0.6 is 15.9 Å². The molecule has 0 saturated heterocycles. The lowest BCUT2D eigenvalue weighted by Crippen LogP contribution is -2.31. The summed E-state index contributed by atoms with van der Waals surface area (Å²) in [6.45, 7) is 0.0858. The number of benzene rings is 1. The van der Waals surface area contributed by atoms with Crippen molar-refractivity contribution < 1.29 is 9.59 Å². The maximum absolute atomic E-state index is 10.8. The molecule has 0 heterocycles. The topological polar surface area (TPSA) is 63.4 Å². The highest BCUT2D eigenvalue weighted by atomic mass is 79.9. The summed E-state index contributed by atoms with van der Waals surface area (Å²) in [5.41, 5.74) is 6.28. The lowest BCUT2D eigenvalue weighted by atomic mass is 10.2. The normalized spacial score (nSPS) is 9.73. The number of carbonyl (C=O) groups excluding carboxylic acids is 2. The number of amides is 1. The molecule has 80 valence electrons. The number of anilines is 1. The van der Waals surface area contributed by atoms with Crippen molar-refractivity contribution in [3.8, 4) is 0 Å². The maximum Gasteiger partial charge on any atom is 0.236 e. The third kappa shape index (κ3) is 3.06. The molecule has 1 aromatic rings. The van der Waals surface area contributed by atoms with Crippen molar-refractivity contribution in [2.24, 2.45) is 5.73 Å². The highest BCUT2D eigenvalue weighted by Gasteiger charge is 2.09. The van der Waals surface area contributed by atoms with Gasteiger partial charge in [0, 0.05) is 22.8 Å². The Kier molecular flexibility index (Phi) is 3.85. The van der Waals surface area contributed by atoms with Crippen molar-refractivity contribution >= 4 is 33.8 Å². The lowest BCUT2D eigenvalue weighted by molar-refractivity contribution is -0.116. The summed E-state index contributed by atoms with van der Waals surface area (Å²) in [6, 6.07) is 5.26. The zero-order valence-electron chi connectivity index (χ0n) is 8.24. The fourth-order valence-electron chi connectivity index (χ4n) is 1.29. The van der Waals surface area contributed by atoms with Crippen LogP contribution in [0.5, 0.6) is 0 Å². The van der Waals surface area contributed by atoms with Gasteiger partial charge in [0.2, 0.25) is 5.91 Å². The van der Waals surface area contributed by atoms with E-state index in [-0.39, 0.29) is 6.54 Å². The average molecular weight is 271 g/mol. The number of carbonyl (C=O) groups is 2. The standard InChI is InChI=1S/C10H11BrN2O2/c1-13(5-10(12)15)9-3-2-8(11)4-7(9)6-14/h2-4,6H,5H2,1H3,(H2,12,15). The Morgan fingerprint density at radius 1 is 1.60 bits per heavy atom. The molecule has 0 spiro atoms. The van der Waals surface area contributed by atoms with Gasteiger partial charge < -0.3 is 10.6 Å². The van der Waals surface area contributed by atoms with Gasteiger partial charge in [-0.3, -0.25) is 9.59 Å². The van der Waals surface area contributed by atoms with Gasteiger partial charge in [-0.15, -0.1) is 0 Å². The monoisotopic (exact) mass is 270 g/mol. The second-order valence-electron chi connectivity index (χ2n) is 3.14. The molecule has 0 fully saturated rings. The molecule has 1 aromatic carbocycles. The number of rotatable bonds is 4. The molecule has 4 nitrogen and oxygen atoms in total. The Balaban J connectivity index is 3.02. The fourth-order valence-corrected chi connectivity index (χ4v) is 1.67. The summed E-state index contributed by atoms with van der Waals surface area (Å²) in [5.74, 6) is -0.433. The molecule has 0 bridgehead atoms. The van der Waals surface area contributed by atoms with E-state index in [0.717, 1.165) is 10.8 Å². The summed E-state index contributed by atoms with van der Waals surface area (Å²) < 4.78 is 0.820. The number of nitrogens with two attached hydrogens (primary N) is 1. The lowest BCUT2D eigenvalue weighted by Gasteiger charge is -2.19. The molecule has 5 heteroatoms. The molecule has 0 radical (unpaired) electrons. The van der Waals surface area contributed by atoms with Crippen molar-refractivity contribution in [1.82, 2.24) is 0 Å². The Labute approximate surface area is 96.2 Å². The van der Waals surface area contributed by atoms with Gasteiger partial charge >= 0.3 is 0 Å². The molecule has 0 aromatic heterocycles. The molecule has 1 rings (SSSR count). The SMILES string of the molecule is CN(CC(N)=O)c1ccc(Br)cc1C=O. The highest BCUT2D eigenvalue weighted by molar-refractivity contribution is 9.10. The number of halogens is 1. The van der Waals surface area contributed by atoms with E-state index in [9.17, 15) is 9.59 Å². The van der Waals surface area contributed by atoms with Crippen molar-refractivity contribution in [2.45, 2.75) is 0 Å². The Hall–Kier alpha value is -1.36. The third-order valence-electron chi connectivity index (χ3n) is 1.92. The number of aldehydes is 1. The first-order chi connectivity index (χ1) is 7.04. The van der Waals surface area contributed by atoms with Crippen molar-refractivity contribution in [2.75, 3.05) is 18.5 Å². The van der Waals surface area contributed by atoms with Gasteiger partial charge in [-0.05, 0) is 18.2 Å². The Bertz CT molecular complexity index is 393. The Morgan fingerprint density at radius 3 is 2.80 bits per heavy atom. The number of hydrogen-bond donors (Lipinski definition) is 1. The van der Waals surface area contributed by atoms with Crippen LogP contribution in [0.3, 0.4) is 0 Å². The summed E-state index contributed by atoms with van der Waals surface area (Å²) in [6.07, 6.45) is 0.748. The Morgan fingerprint density at radius 2 is 2.27 bits per heavy atom. The predicted octanol–water partition coefficient (Wildman–Crippen LogP) is 1.18. The van der Waals surface area contributed by atoms with Gasteiger partial charge in [-0.1, -0.05) is 15.9 Å². The number of primary amides is 1. The van der Waals surface area contributed by atoms with Crippen LogP contribution in [0.4, 0.5) is 5.69 Å².